The van der Waals surface area contributed by atoms with Gasteiger partial charge in [-0.15, -0.1) is 0 Å². The van der Waals surface area contributed by atoms with Crippen molar-refractivity contribution in [1.82, 2.24) is 9.80 Å². The van der Waals surface area contributed by atoms with Crippen molar-refractivity contribution < 1.29 is 19.1 Å². The molecule has 1 fully saturated rings. The Balaban J connectivity index is 1.53. The number of fused-ring (bicyclic) bond motifs is 1. The lowest BCUT2D eigenvalue weighted by molar-refractivity contribution is -0.144. The summed E-state index contributed by atoms with van der Waals surface area (Å²) < 4.78 is 11.7. The van der Waals surface area contributed by atoms with Crippen molar-refractivity contribution in [3.63, 3.8) is 0 Å². The first-order chi connectivity index (χ1) is 15.7. The number of carbonyl (C=O) groups excluding carboxylic acids is 2. The molecule has 182 valence electrons. The Bertz CT molecular complexity index is 858. The van der Waals surface area contributed by atoms with Crippen LogP contribution in [0.25, 0.3) is 0 Å². The Morgan fingerprint density at radius 2 is 2.03 bits per heavy atom. The van der Waals surface area contributed by atoms with Gasteiger partial charge in [-0.2, -0.15) is 0 Å². The van der Waals surface area contributed by atoms with Crippen LogP contribution in [0.5, 0.6) is 5.75 Å². The van der Waals surface area contributed by atoms with Crippen molar-refractivity contribution in [3.8, 4) is 5.75 Å². The van der Waals surface area contributed by atoms with E-state index >= 15 is 0 Å². The Morgan fingerprint density at radius 1 is 1.30 bits per heavy atom. The van der Waals surface area contributed by atoms with Crippen molar-refractivity contribution in [2.45, 2.75) is 90.1 Å². The summed E-state index contributed by atoms with van der Waals surface area (Å²) in [6.07, 6.45) is 7.00. The fraction of sp³-hybridized carbons (Fsp3) is 0.640. The normalized spacial score (nSPS) is 17.7. The van der Waals surface area contributed by atoms with Crippen molar-refractivity contribution in [1.29, 1.82) is 0 Å². The molecular formula is C25H38N4O4. The highest BCUT2D eigenvalue weighted by Crippen LogP contribution is 2.31. The molecule has 1 unspecified atom stereocenters. The van der Waals surface area contributed by atoms with Gasteiger partial charge in [-0.05, 0) is 58.2 Å². The Kier molecular flexibility index (Phi) is 8.35. The highest BCUT2D eigenvalue weighted by Gasteiger charge is 2.29. The van der Waals surface area contributed by atoms with Crippen LogP contribution in [0.1, 0.15) is 71.3 Å². The quantitative estimate of drug-likeness (QED) is 0.447. The molecule has 0 spiro atoms. The summed E-state index contributed by atoms with van der Waals surface area (Å²) >= 11 is 0. The average Bonchev–Trinajstić information content (AvgIpc) is 2.79. The number of ether oxygens (including phenoxy) is 2. The number of guanidine groups is 1. The van der Waals surface area contributed by atoms with Crippen LogP contribution in [0.15, 0.2) is 23.2 Å². The predicted octanol–water partition coefficient (Wildman–Crippen LogP) is 3.74. The summed E-state index contributed by atoms with van der Waals surface area (Å²) in [5.41, 5.74) is 7.25. The molecule has 1 saturated carbocycles. The molecule has 8 nitrogen and oxygen atoms in total. The summed E-state index contributed by atoms with van der Waals surface area (Å²) in [7, 11) is 1.93. The maximum atomic E-state index is 12.5. The SMILES string of the molecule is CN(C(=O)CCCOc1ccc2c(c1)CN(C(C=O)OC(C)(C)C)C(N)=N2)C1CCCCC1. The number of hydrogen-bond donors (Lipinski definition) is 1. The zero-order valence-electron chi connectivity index (χ0n) is 20.4. The van der Waals surface area contributed by atoms with Gasteiger partial charge in [-0.25, -0.2) is 4.99 Å². The van der Waals surface area contributed by atoms with E-state index in [1.54, 1.807) is 4.90 Å². The molecule has 1 heterocycles. The molecule has 2 N–H and O–H groups in total. The highest BCUT2D eigenvalue weighted by atomic mass is 16.5. The molecule has 0 aromatic heterocycles. The lowest BCUT2D eigenvalue weighted by atomic mass is 9.94. The number of hydrogen-bond acceptors (Lipinski definition) is 7. The van der Waals surface area contributed by atoms with Gasteiger partial charge in [0.2, 0.25) is 5.91 Å². The third-order valence-corrected chi connectivity index (χ3v) is 6.14. The first-order valence-electron chi connectivity index (χ1n) is 11.9. The molecule has 1 aliphatic heterocycles. The second-order valence-electron chi connectivity index (χ2n) is 9.89. The first-order valence-corrected chi connectivity index (χ1v) is 11.9. The van der Waals surface area contributed by atoms with Crippen LogP contribution in [0, 0.1) is 0 Å². The molecule has 1 aromatic carbocycles. The second-order valence-corrected chi connectivity index (χ2v) is 9.89. The minimum atomic E-state index is -0.821. The van der Waals surface area contributed by atoms with Crippen LogP contribution in [0.2, 0.25) is 0 Å². The van der Waals surface area contributed by atoms with Crippen LogP contribution >= 0.6 is 0 Å². The van der Waals surface area contributed by atoms with Gasteiger partial charge in [-0.1, -0.05) is 19.3 Å². The molecule has 8 heteroatoms. The molecule has 0 radical (unpaired) electrons. The van der Waals surface area contributed by atoms with Gasteiger partial charge < -0.3 is 25.0 Å². The summed E-state index contributed by atoms with van der Waals surface area (Å²) in [5.74, 6) is 1.14. The van der Waals surface area contributed by atoms with Gasteiger partial charge in [0, 0.05) is 25.1 Å². The molecule has 2 aliphatic rings. The van der Waals surface area contributed by atoms with Crippen LogP contribution in [0.3, 0.4) is 0 Å². The highest BCUT2D eigenvalue weighted by molar-refractivity contribution is 5.85. The third-order valence-electron chi connectivity index (χ3n) is 6.14. The van der Waals surface area contributed by atoms with E-state index in [0.717, 1.165) is 30.4 Å². The monoisotopic (exact) mass is 458 g/mol. The number of aldehydes is 1. The molecule has 1 aliphatic carbocycles. The minimum Gasteiger partial charge on any atom is -0.494 e. The van der Waals surface area contributed by atoms with Crippen LogP contribution in [-0.2, 0) is 20.9 Å². The van der Waals surface area contributed by atoms with Gasteiger partial charge in [0.15, 0.2) is 18.5 Å². The van der Waals surface area contributed by atoms with Crippen molar-refractivity contribution >= 4 is 23.8 Å². The van der Waals surface area contributed by atoms with E-state index in [-0.39, 0.29) is 11.9 Å². The molecule has 0 bridgehead atoms. The van der Waals surface area contributed by atoms with E-state index in [4.69, 9.17) is 15.2 Å². The molecule has 1 atom stereocenters. The van der Waals surface area contributed by atoms with Gasteiger partial charge in [-0.3, -0.25) is 9.59 Å². The zero-order valence-corrected chi connectivity index (χ0v) is 20.4. The maximum absolute atomic E-state index is 12.5. The van der Waals surface area contributed by atoms with Crippen LogP contribution < -0.4 is 10.5 Å². The van der Waals surface area contributed by atoms with E-state index in [1.165, 1.54) is 19.3 Å². The van der Waals surface area contributed by atoms with Crippen molar-refractivity contribution in [2.24, 2.45) is 10.7 Å². The summed E-state index contributed by atoms with van der Waals surface area (Å²) in [6.45, 7) is 6.52. The van der Waals surface area contributed by atoms with Gasteiger partial charge in [0.05, 0.1) is 24.4 Å². The van der Waals surface area contributed by atoms with Gasteiger partial charge >= 0.3 is 0 Å². The van der Waals surface area contributed by atoms with Crippen LogP contribution in [0.4, 0.5) is 5.69 Å². The van der Waals surface area contributed by atoms with E-state index in [2.05, 4.69) is 4.99 Å². The largest absolute Gasteiger partial charge is 0.494 e. The summed E-state index contributed by atoms with van der Waals surface area (Å²) in [6, 6.07) is 6.01. The number of nitrogens with two attached hydrogens (primary N) is 1. The van der Waals surface area contributed by atoms with Crippen molar-refractivity contribution in [3.05, 3.63) is 23.8 Å². The second kappa shape index (κ2) is 11.0. The number of carbonyl (C=O) groups is 2. The number of benzene rings is 1. The van der Waals surface area contributed by atoms with E-state index in [9.17, 15) is 9.59 Å². The topological polar surface area (TPSA) is 97.5 Å². The molecule has 1 aromatic rings. The zero-order chi connectivity index (χ0) is 24.0. The summed E-state index contributed by atoms with van der Waals surface area (Å²) in [4.78, 5) is 32.2. The molecular weight excluding hydrogens is 420 g/mol. The first kappa shape index (κ1) is 25.0. The lowest BCUT2D eigenvalue weighted by Gasteiger charge is -2.35. The Labute approximate surface area is 197 Å². The smallest absolute Gasteiger partial charge is 0.222 e. The van der Waals surface area contributed by atoms with Crippen LogP contribution in [-0.4, -0.2) is 59.5 Å². The number of rotatable bonds is 9. The third kappa shape index (κ3) is 6.93. The summed E-state index contributed by atoms with van der Waals surface area (Å²) in [5, 5.41) is 0. The number of nitrogens with zero attached hydrogens (tertiary/aromatic N) is 3. The van der Waals surface area contributed by atoms with Gasteiger partial charge in [0.1, 0.15) is 5.75 Å². The van der Waals surface area contributed by atoms with E-state index < -0.39 is 11.8 Å². The number of aliphatic imine (C=N–C) groups is 1. The Morgan fingerprint density at radius 3 is 2.70 bits per heavy atom. The average molecular weight is 459 g/mol. The van der Waals surface area contributed by atoms with E-state index in [0.29, 0.717) is 37.8 Å². The lowest BCUT2D eigenvalue weighted by Crippen LogP contribution is -2.49. The molecule has 3 rings (SSSR count). The molecule has 0 saturated heterocycles. The molecule has 33 heavy (non-hydrogen) atoms. The molecule has 1 amide bonds. The standard InChI is InChI=1S/C25H38N4O4/c1-25(2,3)33-23(17-30)29-16-18-15-20(12-13-21(18)27-24(29)26)32-14-8-11-22(31)28(4)19-9-6-5-7-10-19/h12-13,15,17,19,23H,5-11,14,16H2,1-4H3,(H2,26,27). The maximum Gasteiger partial charge on any atom is 0.222 e. The van der Waals surface area contributed by atoms with E-state index in [1.807, 2.05) is 50.9 Å². The Hall–Kier alpha value is -2.61. The number of amides is 1. The fourth-order valence-electron chi connectivity index (χ4n) is 4.35. The fourth-order valence-corrected chi connectivity index (χ4v) is 4.35. The predicted molar refractivity (Wildman–Crippen MR) is 128 cm³/mol. The minimum absolute atomic E-state index is 0.190. The van der Waals surface area contributed by atoms with Gasteiger partial charge in [0.25, 0.3) is 0 Å². The van der Waals surface area contributed by atoms with Crippen molar-refractivity contribution in [2.75, 3.05) is 13.7 Å².